The average molecular weight is 336 g/mol. The molecule has 4 heteroatoms. The zero-order chi connectivity index (χ0) is 18.1. The van der Waals surface area contributed by atoms with Gasteiger partial charge in [0.05, 0.1) is 0 Å². The molecule has 1 atom stereocenters. The molecular formula is C21H24N2O2. The van der Waals surface area contributed by atoms with E-state index < -0.39 is 6.04 Å². The first-order chi connectivity index (χ1) is 11.9. The van der Waals surface area contributed by atoms with E-state index in [0.29, 0.717) is 18.7 Å². The van der Waals surface area contributed by atoms with Gasteiger partial charge >= 0.3 is 0 Å². The van der Waals surface area contributed by atoms with Crippen molar-refractivity contribution in [1.82, 2.24) is 4.90 Å². The molecule has 25 heavy (non-hydrogen) atoms. The summed E-state index contributed by atoms with van der Waals surface area (Å²) in [4.78, 5) is 29.3. The standard InChI is InChI=1S/C21H24N2O2/c1-14-7-5-9-18(13-14)21(25)22-11-12-23(20(24)17(22)4)19-10-6-8-15(2)16(19)3/h5-10,13,17H,11-12H2,1-4H3. The molecule has 1 aliphatic heterocycles. The monoisotopic (exact) mass is 336 g/mol. The zero-order valence-electron chi connectivity index (χ0n) is 15.2. The molecule has 2 aromatic carbocycles. The van der Waals surface area contributed by atoms with E-state index in [2.05, 4.69) is 0 Å². The third-order valence-corrected chi connectivity index (χ3v) is 5.05. The first kappa shape index (κ1) is 17.2. The van der Waals surface area contributed by atoms with Gasteiger partial charge < -0.3 is 9.80 Å². The molecule has 0 aliphatic carbocycles. The molecule has 4 nitrogen and oxygen atoms in total. The summed E-state index contributed by atoms with van der Waals surface area (Å²) in [5.74, 6) is -0.105. The first-order valence-electron chi connectivity index (χ1n) is 8.65. The molecule has 2 aromatic rings. The van der Waals surface area contributed by atoms with Crippen LogP contribution in [0.5, 0.6) is 0 Å². The van der Waals surface area contributed by atoms with Crippen molar-refractivity contribution < 1.29 is 9.59 Å². The smallest absolute Gasteiger partial charge is 0.254 e. The summed E-state index contributed by atoms with van der Waals surface area (Å²) < 4.78 is 0. The van der Waals surface area contributed by atoms with E-state index in [0.717, 1.165) is 22.4 Å². The topological polar surface area (TPSA) is 40.6 Å². The first-order valence-corrected chi connectivity index (χ1v) is 8.65. The molecule has 0 saturated carbocycles. The quantitative estimate of drug-likeness (QED) is 0.842. The van der Waals surface area contributed by atoms with Gasteiger partial charge in [-0.15, -0.1) is 0 Å². The highest BCUT2D eigenvalue weighted by Gasteiger charge is 2.35. The Morgan fingerprint density at radius 3 is 2.48 bits per heavy atom. The Labute approximate surface area is 149 Å². The predicted octanol–water partition coefficient (Wildman–Crippen LogP) is 3.49. The number of carbonyl (C=O) groups excluding carboxylic acids is 2. The zero-order valence-corrected chi connectivity index (χ0v) is 15.2. The molecule has 2 amide bonds. The summed E-state index contributed by atoms with van der Waals surface area (Å²) in [7, 11) is 0. The van der Waals surface area contributed by atoms with Crippen LogP contribution in [0.3, 0.4) is 0 Å². The third kappa shape index (κ3) is 3.16. The van der Waals surface area contributed by atoms with Crippen molar-refractivity contribution in [3.05, 3.63) is 64.7 Å². The fourth-order valence-electron chi connectivity index (χ4n) is 3.36. The van der Waals surface area contributed by atoms with Crippen molar-refractivity contribution in [2.45, 2.75) is 33.7 Å². The molecule has 0 radical (unpaired) electrons. The summed E-state index contributed by atoms with van der Waals surface area (Å²) in [6, 6.07) is 13.0. The molecular weight excluding hydrogens is 312 g/mol. The van der Waals surface area contributed by atoms with Crippen LogP contribution in [0.1, 0.15) is 34.0 Å². The normalized spacial score (nSPS) is 17.8. The summed E-state index contributed by atoms with van der Waals surface area (Å²) >= 11 is 0. The molecule has 0 bridgehead atoms. The van der Waals surface area contributed by atoms with Crippen molar-refractivity contribution in [3.63, 3.8) is 0 Å². The van der Waals surface area contributed by atoms with Crippen molar-refractivity contribution in [2.24, 2.45) is 0 Å². The van der Waals surface area contributed by atoms with E-state index in [1.807, 2.05) is 75.1 Å². The Bertz CT molecular complexity index is 828. The molecule has 1 heterocycles. The Morgan fingerprint density at radius 2 is 1.76 bits per heavy atom. The van der Waals surface area contributed by atoms with Gasteiger partial charge in [-0.25, -0.2) is 0 Å². The maximum atomic E-state index is 12.9. The van der Waals surface area contributed by atoms with Crippen LogP contribution < -0.4 is 4.90 Å². The number of rotatable bonds is 2. The van der Waals surface area contributed by atoms with Gasteiger partial charge in [0.25, 0.3) is 5.91 Å². The van der Waals surface area contributed by atoms with E-state index in [1.54, 1.807) is 4.90 Å². The molecule has 1 aliphatic rings. The van der Waals surface area contributed by atoms with E-state index in [9.17, 15) is 9.59 Å². The maximum absolute atomic E-state index is 12.9. The minimum atomic E-state index is -0.471. The lowest BCUT2D eigenvalue weighted by Crippen LogP contribution is -2.58. The lowest BCUT2D eigenvalue weighted by molar-refractivity contribution is -0.124. The number of hydrogen-bond donors (Lipinski definition) is 0. The van der Waals surface area contributed by atoms with Gasteiger partial charge in [-0.3, -0.25) is 9.59 Å². The van der Waals surface area contributed by atoms with E-state index in [4.69, 9.17) is 0 Å². The number of anilines is 1. The molecule has 1 saturated heterocycles. The summed E-state index contributed by atoms with van der Waals surface area (Å²) in [5.41, 5.74) is 4.90. The van der Waals surface area contributed by atoms with Crippen LogP contribution in [0.15, 0.2) is 42.5 Å². The predicted molar refractivity (Wildman–Crippen MR) is 99.9 cm³/mol. The number of carbonyl (C=O) groups is 2. The SMILES string of the molecule is Cc1cccc(C(=O)N2CCN(c3cccc(C)c3C)C(=O)C2C)c1. The summed E-state index contributed by atoms with van der Waals surface area (Å²) in [6.07, 6.45) is 0. The minimum Gasteiger partial charge on any atom is -0.325 e. The van der Waals surface area contributed by atoms with E-state index in [1.165, 1.54) is 0 Å². The van der Waals surface area contributed by atoms with Crippen LogP contribution in [-0.4, -0.2) is 35.8 Å². The highest BCUT2D eigenvalue weighted by Crippen LogP contribution is 2.26. The maximum Gasteiger partial charge on any atom is 0.254 e. The molecule has 3 rings (SSSR count). The highest BCUT2D eigenvalue weighted by molar-refractivity contribution is 6.03. The van der Waals surface area contributed by atoms with Crippen LogP contribution in [0, 0.1) is 20.8 Å². The second-order valence-corrected chi connectivity index (χ2v) is 6.75. The van der Waals surface area contributed by atoms with Gasteiger partial charge in [-0.05, 0) is 57.0 Å². The highest BCUT2D eigenvalue weighted by atomic mass is 16.2. The fraction of sp³-hybridized carbons (Fsp3) is 0.333. The van der Waals surface area contributed by atoms with Crippen LogP contribution in [0.25, 0.3) is 0 Å². The molecule has 0 aromatic heterocycles. The number of nitrogens with zero attached hydrogens (tertiary/aromatic N) is 2. The fourth-order valence-corrected chi connectivity index (χ4v) is 3.36. The Hall–Kier alpha value is -2.62. The summed E-state index contributed by atoms with van der Waals surface area (Å²) in [5, 5.41) is 0. The van der Waals surface area contributed by atoms with Crippen LogP contribution in [0.4, 0.5) is 5.69 Å². The van der Waals surface area contributed by atoms with Crippen molar-refractivity contribution >= 4 is 17.5 Å². The molecule has 0 N–H and O–H groups in total. The lowest BCUT2D eigenvalue weighted by atomic mass is 10.0. The number of benzene rings is 2. The number of amides is 2. The molecule has 130 valence electrons. The van der Waals surface area contributed by atoms with E-state index >= 15 is 0 Å². The van der Waals surface area contributed by atoms with Crippen LogP contribution in [-0.2, 0) is 4.79 Å². The Balaban J connectivity index is 1.84. The molecule has 1 unspecified atom stereocenters. The van der Waals surface area contributed by atoms with Crippen molar-refractivity contribution in [3.8, 4) is 0 Å². The van der Waals surface area contributed by atoms with Gasteiger partial charge in [0.2, 0.25) is 5.91 Å². The Kier molecular flexibility index (Phi) is 4.62. The van der Waals surface area contributed by atoms with E-state index in [-0.39, 0.29) is 11.8 Å². The van der Waals surface area contributed by atoms with Gasteiger partial charge in [-0.1, -0.05) is 29.8 Å². The lowest BCUT2D eigenvalue weighted by Gasteiger charge is -2.39. The number of hydrogen-bond acceptors (Lipinski definition) is 2. The molecule has 0 spiro atoms. The van der Waals surface area contributed by atoms with Crippen molar-refractivity contribution in [2.75, 3.05) is 18.0 Å². The van der Waals surface area contributed by atoms with Gasteiger partial charge in [0.1, 0.15) is 6.04 Å². The molecule has 1 fully saturated rings. The average Bonchev–Trinajstić information content (AvgIpc) is 2.59. The van der Waals surface area contributed by atoms with Gasteiger partial charge in [0.15, 0.2) is 0 Å². The van der Waals surface area contributed by atoms with Crippen molar-refractivity contribution in [1.29, 1.82) is 0 Å². The van der Waals surface area contributed by atoms with Crippen LogP contribution >= 0.6 is 0 Å². The number of aryl methyl sites for hydroxylation is 2. The largest absolute Gasteiger partial charge is 0.325 e. The van der Waals surface area contributed by atoms with Crippen LogP contribution in [0.2, 0.25) is 0 Å². The third-order valence-electron chi connectivity index (χ3n) is 5.05. The summed E-state index contributed by atoms with van der Waals surface area (Å²) in [6.45, 7) is 8.91. The van der Waals surface area contributed by atoms with Gasteiger partial charge in [0, 0.05) is 24.3 Å². The minimum absolute atomic E-state index is 0.0269. The number of piperazine rings is 1. The van der Waals surface area contributed by atoms with Gasteiger partial charge in [-0.2, -0.15) is 0 Å². The second kappa shape index (κ2) is 6.71. The Morgan fingerprint density at radius 1 is 1.04 bits per heavy atom. The second-order valence-electron chi connectivity index (χ2n) is 6.75.